The van der Waals surface area contributed by atoms with Gasteiger partial charge in [0.05, 0.1) is 5.69 Å². The van der Waals surface area contributed by atoms with Gasteiger partial charge >= 0.3 is 0 Å². The Morgan fingerprint density at radius 2 is 1.57 bits per heavy atom. The minimum absolute atomic E-state index is 0.0888. The highest BCUT2D eigenvalue weighted by molar-refractivity contribution is 5.63. The molecule has 2 heteroatoms. The van der Waals surface area contributed by atoms with Crippen LogP contribution >= 0.6 is 0 Å². The lowest BCUT2D eigenvalue weighted by molar-refractivity contribution is 0.570. The van der Waals surface area contributed by atoms with Gasteiger partial charge in [-0.3, -0.25) is 4.98 Å². The van der Waals surface area contributed by atoms with Crippen molar-refractivity contribution in [2.75, 3.05) is 18.0 Å². The van der Waals surface area contributed by atoms with Crippen molar-refractivity contribution in [3.63, 3.8) is 0 Å². The number of pyridine rings is 1. The first-order valence-corrected chi connectivity index (χ1v) is 7.87. The average Bonchev–Trinajstić information content (AvgIpc) is 3.01. The second-order valence-electron chi connectivity index (χ2n) is 6.90. The number of hydrogen-bond donors (Lipinski definition) is 0. The third kappa shape index (κ3) is 3.10. The highest BCUT2D eigenvalue weighted by Gasteiger charge is 2.16. The fraction of sp³-hybridized carbons (Fsp3) is 0.421. The molecule has 0 atom stereocenters. The molecule has 2 aromatic rings. The van der Waals surface area contributed by atoms with Crippen LogP contribution in [0.4, 0.5) is 5.69 Å². The van der Waals surface area contributed by atoms with Crippen molar-refractivity contribution >= 4 is 5.69 Å². The lowest BCUT2D eigenvalue weighted by Gasteiger charge is -2.19. The van der Waals surface area contributed by atoms with Crippen molar-refractivity contribution in [3.8, 4) is 11.3 Å². The zero-order valence-electron chi connectivity index (χ0n) is 13.3. The van der Waals surface area contributed by atoms with Gasteiger partial charge < -0.3 is 4.90 Å². The van der Waals surface area contributed by atoms with Crippen molar-refractivity contribution in [2.24, 2.45) is 0 Å². The molecule has 2 heterocycles. The molecule has 1 aliphatic rings. The molecule has 0 spiro atoms. The van der Waals surface area contributed by atoms with Crippen LogP contribution in [0.15, 0.2) is 42.5 Å². The summed E-state index contributed by atoms with van der Waals surface area (Å²) >= 11 is 0. The smallest absolute Gasteiger partial charge is 0.0705 e. The predicted molar refractivity (Wildman–Crippen MR) is 89.8 cm³/mol. The van der Waals surface area contributed by atoms with E-state index in [1.807, 2.05) is 0 Å². The summed E-state index contributed by atoms with van der Waals surface area (Å²) < 4.78 is 0. The first kappa shape index (κ1) is 14.1. The Labute approximate surface area is 127 Å². The molecule has 2 nitrogen and oxygen atoms in total. The Hall–Kier alpha value is -1.83. The maximum atomic E-state index is 4.83. The molecule has 1 saturated heterocycles. The van der Waals surface area contributed by atoms with Crippen LogP contribution in [-0.4, -0.2) is 18.1 Å². The summed E-state index contributed by atoms with van der Waals surface area (Å²) in [4.78, 5) is 7.29. The molecule has 0 saturated carbocycles. The number of aromatic nitrogens is 1. The molecule has 0 bridgehead atoms. The van der Waals surface area contributed by atoms with Gasteiger partial charge in [-0.25, -0.2) is 0 Å². The van der Waals surface area contributed by atoms with E-state index in [0.29, 0.717) is 0 Å². The molecule has 1 aromatic heterocycles. The van der Waals surface area contributed by atoms with Gasteiger partial charge in [0.15, 0.2) is 0 Å². The Bertz CT molecular complexity index is 602. The van der Waals surface area contributed by atoms with Gasteiger partial charge in [-0.05, 0) is 37.1 Å². The number of rotatable bonds is 2. The van der Waals surface area contributed by atoms with Gasteiger partial charge in [0, 0.05) is 35.4 Å². The molecule has 0 amide bonds. The summed E-state index contributed by atoms with van der Waals surface area (Å²) in [7, 11) is 0. The first-order valence-electron chi connectivity index (χ1n) is 7.87. The Morgan fingerprint density at radius 1 is 0.905 bits per heavy atom. The van der Waals surface area contributed by atoms with Crippen LogP contribution in [-0.2, 0) is 5.41 Å². The zero-order chi connectivity index (χ0) is 14.9. The fourth-order valence-corrected chi connectivity index (χ4v) is 2.83. The minimum Gasteiger partial charge on any atom is -0.372 e. The van der Waals surface area contributed by atoms with E-state index >= 15 is 0 Å². The molecule has 0 aliphatic carbocycles. The molecular weight excluding hydrogens is 256 g/mol. The predicted octanol–water partition coefficient (Wildman–Crippen LogP) is 4.65. The van der Waals surface area contributed by atoms with Gasteiger partial charge in [-0.15, -0.1) is 0 Å². The Balaban J connectivity index is 1.87. The molecule has 110 valence electrons. The molecular formula is C19H24N2. The maximum Gasteiger partial charge on any atom is 0.0705 e. The fourth-order valence-electron chi connectivity index (χ4n) is 2.83. The number of nitrogens with zero attached hydrogens (tertiary/aromatic N) is 2. The van der Waals surface area contributed by atoms with Crippen LogP contribution in [0.5, 0.6) is 0 Å². The van der Waals surface area contributed by atoms with Gasteiger partial charge in [0.25, 0.3) is 0 Å². The van der Waals surface area contributed by atoms with E-state index in [4.69, 9.17) is 4.98 Å². The molecule has 3 rings (SSSR count). The van der Waals surface area contributed by atoms with Crippen LogP contribution in [0.2, 0.25) is 0 Å². The number of hydrogen-bond acceptors (Lipinski definition) is 2. The normalized spacial score (nSPS) is 15.5. The van der Waals surface area contributed by atoms with Gasteiger partial charge in [0.2, 0.25) is 0 Å². The molecule has 1 aromatic carbocycles. The largest absolute Gasteiger partial charge is 0.372 e. The van der Waals surface area contributed by atoms with E-state index < -0.39 is 0 Å². The second-order valence-corrected chi connectivity index (χ2v) is 6.90. The summed E-state index contributed by atoms with van der Waals surface area (Å²) in [5.74, 6) is 0. The molecule has 21 heavy (non-hydrogen) atoms. The van der Waals surface area contributed by atoms with Crippen molar-refractivity contribution in [1.82, 2.24) is 4.98 Å². The van der Waals surface area contributed by atoms with E-state index in [0.717, 1.165) is 11.4 Å². The molecule has 1 fully saturated rings. The van der Waals surface area contributed by atoms with Crippen LogP contribution < -0.4 is 4.90 Å². The third-order valence-corrected chi connectivity index (χ3v) is 4.15. The summed E-state index contributed by atoms with van der Waals surface area (Å²) in [5.41, 5.74) is 4.83. The lowest BCUT2D eigenvalue weighted by atomic mass is 9.91. The van der Waals surface area contributed by atoms with Crippen LogP contribution in [0.25, 0.3) is 11.3 Å². The minimum atomic E-state index is 0.0888. The van der Waals surface area contributed by atoms with E-state index in [2.05, 4.69) is 68.1 Å². The highest BCUT2D eigenvalue weighted by atomic mass is 15.1. The summed E-state index contributed by atoms with van der Waals surface area (Å²) in [6.45, 7) is 9.00. The van der Waals surface area contributed by atoms with E-state index in [-0.39, 0.29) is 5.41 Å². The zero-order valence-corrected chi connectivity index (χ0v) is 13.3. The molecule has 1 aliphatic heterocycles. The number of benzene rings is 1. The molecule has 0 radical (unpaired) electrons. The second kappa shape index (κ2) is 5.51. The SMILES string of the molecule is CC(C)(C)c1cccc(-c2ccc(N3CCCC3)cc2)n1. The van der Waals surface area contributed by atoms with Crippen LogP contribution in [0, 0.1) is 0 Å². The van der Waals surface area contributed by atoms with Crippen molar-refractivity contribution in [1.29, 1.82) is 0 Å². The van der Waals surface area contributed by atoms with Crippen LogP contribution in [0.1, 0.15) is 39.3 Å². The maximum absolute atomic E-state index is 4.83. The van der Waals surface area contributed by atoms with Crippen molar-refractivity contribution in [2.45, 2.75) is 39.0 Å². The molecule has 0 unspecified atom stereocenters. The summed E-state index contributed by atoms with van der Waals surface area (Å²) in [6, 6.07) is 15.2. The quantitative estimate of drug-likeness (QED) is 0.796. The van der Waals surface area contributed by atoms with E-state index in [1.165, 1.54) is 37.2 Å². The topological polar surface area (TPSA) is 16.1 Å². The monoisotopic (exact) mass is 280 g/mol. The average molecular weight is 280 g/mol. The molecule has 0 N–H and O–H groups in total. The Morgan fingerprint density at radius 3 is 2.19 bits per heavy atom. The van der Waals surface area contributed by atoms with E-state index in [9.17, 15) is 0 Å². The highest BCUT2D eigenvalue weighted by Crippen LogP contribution is 2.26. The summed E-state index contributed by atoms with van der Waals surface area (Å²) in [5, 5.41) is 0. The van der Waals surface area contributed by atoms with E-state index in [1.54, 1.807) is 0 Å². The van der Waals surface area contributed by atoms with Gasteiger partial charge in [-0.2, -0.15) is 0 Å². The lowest BCUT2D eigenvalue weighted by Crippen LogP contribution is -2.17. The van der Waals surface area contributed by atoms with Crippen molar-refractivity contribution < 1.29 is 0 Å². The Kier molecular flexibility index (Phi) is 3.71. The third-order valence-electron chi connectivity index (χ3n) is 4.15. The van der Waals surface area contributed by atoms with Gasteiger partial charge in [-0.1, -0.05) is 39.0 Å². The van der Waals surface area contributed by atoms with Crippen molar-refractivity contribution in [3.05, 3.63) is 48.2 Å². The standard InChI is InChI=1S/C19H24N2/c1-19(2,3)18-8-6-7-17(20-18)15-9-11-16(12-10-15)21-13-4-5-14-21/h6-12H,4-5,13-14H2,1-3H3. The van der Waals surface area contributed by atoms with Gasteiger partial charge in [0.1, 0.15) is 0 Å². The van der Waals surface area contributed by atoms with Crippen LogP contribution in [0.3, 0.4) is 0 Å². The summed E-state index contributed by atoms with van der Waals surface area (Å²) in [6.07, 6.45) is 2.63. The number of anilines is 1. The first-order chi connectivity index (χ1) is 10.0.